The second-order valence-corrected chi connectivity index (χ2v) is 8.14. The average molecular weight is 374 g/mol. The first kappa shape index (κ1) is 17.6. The monoisotopic (exact) mass is 373 g/mol. The van der Waals surface area contributed by atoms with Crippen molar-refractivity contribution in [1.82, 2.24) is 15.2 Å². The lowest BCUT2D eigenvalue weighted by molar-refractivity contribution is -0.130. The predicted molar refractivity (Wildman–Crippen MR) is 102 cm³/mol. The summed E-state index contributed by atoms with van der Waals surface area (Å²) >= 11 is 3.00. The number of hydrogen-bond donors (Lipinski definition) is 1. The summed E-state index contributed by atoms with van der Waals surface area (Å²) < 4.78 is 1.10. The molecule has 3 rings (SSSR count). The Bertz CT molecular complexity index is 883. The molecule has 130 valence electrons. The lowest BCUT2D eigenvalue weighted by Gasteiger charge is -2.23. The second-order valence-electron chi connectivity index (χ2n) is 5.79. The first-order valence-electron chi connectivity index (χ1n) is 7.91. The summed E-state index contributed by atoms with van der Waals surface area (Å²) in [6.07, 6.45) is 0. The second kappa shape index (κ2) is 7.33. The highest BCUT2D eigenvalue weighted by Gasteiger charge is 2.21. The SMILES string of the molecule is Cc1ccc(C(=O)NCC(=O)N(C)[C@@H](C)c2nc3ccccc3s2)s1. The zero-order valence-electron chi connectivity index (χ0n) is 14.3. The zero-order chi connectivity index (χ0) is 18.0. The van der Waals surface area contributed by atoms with Gasteiger partial charge in [0.05, 0.1) is 27.7 Å². The minimum Gasteiger partial charge on any atom is -0.342 e. The van der Waals surface area contributed by atoms with Gasteiger partial charge in [-0.05, 0) is 38.1 Å². The minimum absolute atomic E-state index is 0.0263. The Morgan fingerprint density at radius 2 is 1.96 bits per heavy atom. The molecule has 7 heteroatoms. The van der Waals surface area contributed by atoms with Gasteiger partial charge in [-0.1, -0.05) is 12.1 Å². The van der Waals surface area contributed by atoms with E-state index in [0.717, 1.165) is 20.1 Å². The number of nitrogens with zero attached hydrogens (tertiary/aromatic N) is 2. The van der Waals surface area contributed by atoms with E-state index in [4.69, 9.17) is 0 Å². The molecule has 0 aliphatic heterocycles. The first-order valence-corrected chi connectivity index (χ1v) is 9.55. The molecule has 1 atom stereocenters. The number of rotatable bonds is 5. The minimum atomic E-state index is -0.215. The number of carbonyl (C=O) groups is 2. The van der Waals surface area contributed by atoms with Crippen LogP contribution in [0.2, 0.25) is 0 Å². The molecule has 2 heterocycles. The Hall–Kier alpha value is -2.25. The van der Waals surface area contributed by atoms with Crippen LogP contribution in [0, 0.1) is 6.92 Å². The van der Waals surface area contributed by atoms with Crippen LogP contribution in [0.25, 0.3) is 10.2 Å². The number of nitrogens with one attached hydrogen (secondary N) is 1. The van der Waals surface area contributed by atoms with Crippen molar-refractivity contribution in [2.75, 3.05) is 13.6 Å². The fourth-order valence-corrected chi connectivity index (χ4v) is 4.22. The third kappa shape index (κ3) is 3.88. The zero-order valence-corrected chi connectivity index (χ0v) is 15.9. The van der Waals surface area contributed by atoms with E-state index in [1.165, 1.54) is 11.3 Å². The van der Waals surface area contributed by atoms with Crippen molar-refractivity contribution in [2.45, 2.75) is 19.9 Å². The highest BCUT2D eigenvalue weighted by molar-refractivity contribution is 7.18. The molecular weight excluding hydrogens is 354 g/mol. The van der Waals surface area contributed by atoms with Crippen LogP contribution >= 0.6 is 22.7 Å². The molecule has 0 spiro atoms. The lowest BCUT2D eigenvalue weighted by atomic mass is 10.3. The van der Waals surface area contributed by atoms with Crippen LogP contribution in [0.3, 0.4) is 0 Å². The fourth-order valence-electron chi connectivity index (χ4n) is 2.37. The van der Waals surface area contributed by atoms with E-state index in [-0.39, 0.29) is 24.4 Å². The Balaban J connectivity index is 1.62. The number of para-hydroxylation sites is 1. The van der Waals surface area contributed by atoms with Crippen molar-refractivity contribution >= 4 is 44.7 Å². The molecule has 1 N–H and O–H groups in total. The van der Waals surface area contributed by atoms with Gasteiger partial charge in [-0.25, -0.2) is 4.98 Å². The molecule has 2 amide bonds. The molecule has 0 aliphatic carbocycles. The number of benzene rings is 1. The van der Waals surface area contributed by atoms with Crippen LogP contribution in [-0.4, -0.2) is 35.3 Å². The first-order chi connectivity index (χ1) is 12.0. The summed E-state index contributed by atoms with van der Waals surface area (Å²) in [4.78, 5) is 32.4. The number of thiophene rings is 1. The van der Waals surface area contributed by atoms with Gasteiger partial charge >= 0.3 is 0 Å². The van der Waals surface area contributed by atoms with Crippen molar-refractivity contribution in [3.05, 3.63) is 51.2 Å². The molecule has 0 unspecified atom stereocenters. The molecule has 1 aromatic carbocycles. The Labute approximate surface area is 154 Å². The van der Waals surface area contributed by atoms with Crippen LogP contribution in [0.4, 0.5) is 0 Å². The Morgan fingerprint density at radius 3 is 2.64 bits per heavy atom. The number of thiazole rings is 1. The number of aryl methyl sites for hydroxylation is 1. The van der Waals surface area contributed by atoms with Crippen LogP contribution in [0.1, 0.15) is 32.5 Å². The number of aromatic nitrogens is 1. The van der Waals surface area contributed by atoms with Crippen LogP contribution in [0.15, 0.2) is 36.4 Å². The summed E-state index contributed by atoms with van der Waals surface area (Å²) in [5.74, 6) is -0.360. The lowest BCUT2D eigenvalue weighted by Crippen LogP contribution is -2.39. The maximum Gasteiger partial charge on any atom is 0.261 e. The highest BCUT2D eigenvalue weighted by Crippen LogP contribution is 2.28. The van der Waals surface area contributed by atoms with Gasteiger partial charge < -0.3 is 10.2 Å². The van der Waals surface area contributed by atoms with Crippen molar-refractivity contribution in [3.63, 3.8) is 0 Å². The summed E-state index contributed by atoms with van der Waals surface area (Å²) in [5, 5.41) is 3.58. The third-order valence-electron chi connectivity index (χ3n) is 4.01. The van der Waals surface area contributed by atoms with E-state index in [1.807, 2.05) is 44.2 Å². The van der Waals surface area contributed by atoms with Gasteiger partial charge in [-0.2, -0.15) is 0 Å². The van der Waals surface area contributed by atoms with Crippen molar-refractivity contribution in [2.24, 2.45) is 0 Å². The van der Waals surface area contributed by atoms with Crippen LogP contribution in [-0.2, 0) is 4.79 Å². The van der Waals surface area contributed by atoms with E-state index >= 15 is 0 Å². The van der Waals surface area contributed by atoms with Gasteiger partial charge in [0.1, 0.15) is 5.01 Å². The van der Waals surface area contributed by atoms with E-state index in [0.29, 0.717) is 4.88 Å². The van der Waals surface area contributed by atoms with Crippen LogP contribution < -0.4 is 5.32 Å². The Kier molecular flexibility index (Phi) is 5.15. The van der Waals surface area contributed by atoms with Crippen molar-refractivity contribution in [1.29, 1.82) is 0 Å². The molecule has 0 bridgehead atoms. The summed E-state index contributed by atoms with van der Waals surface area (Å²) in [6.45, 7) is 3.86. The molecule has 5 nitrogen and oxygen atoms in total. The molecule has 0 radical (unpaired) electrons. The quantitative estimate of drug-likeness (QED) is 0.743. The summed E-state index contributed by atoms with van der Waals surface area (Å²) in [6, 6.07) is 11.4. The number of hydrogen-bond acceptors (Lipinski definition) is 5. The van der Waals surface area contributed by atoms with Gasteiger partial charge in [-0.15, -0.1) is 22.7 Å². The number of fused-ring (bicyclic) bond motifs is 1. The van der Waals surface area contributed by atoms with E-state index in [1.54, 1.807) is 29.4 Å². The molecule has 0 fully saturated rings. The van der Waals surface area contributed by atoms with Crippen molar-refractivity contribution < 1.29 is 9.59 Å². The molecule has 0 saturated carbocycles. The van der Waals surface area contributed by atoms with Gasteiger partial charge in [0, 0.05) is 11.9 Å². The summed E-state index contributed by atoms with van der Waals surface area (Å²) in [7, 11) is 1.74. The number of likely N-dealkylation sites (N-methyl/N-ethyl adjacent to an activating group) is 1. The van der Waals surface area contributed by atoms with Gasteiger partial charge in [0.15, 0.2) is 0 Å². The highest BCUT2D eigenvalue weighted by atomic mass is 32.1. The fraction of sp³-hybridized carbons (Fsp3) is 0.278. The van der Waals surface area contributed by atoms with Gasteiger partial charge in [0.25, 0.3) is 5.91 Å². The molecular formula is C18H19N3O2S2. The topological polar surface area (TPSA) is 62.3 Å². The van der Waals surface area contributed by atoms with Crippen LogP contribution in [0.5, 0.6) is 0 Å². The van der Waals surface area contributed by atoms with Crippen molar-refractivity contribution in [3.8, 4) is 0 Å². The Morgan fingerprint density at radius 1 is 1.20 bits per heavy atom. The van der Waals surface area contributed by atoms with Gasteiger partial charge in [0.2, 0.25) is 5.91 Å². The predicted octanol–water partition coefficient (Wildman–Crippen LogP) is 3.62. The smallest absolute Gasteiger partial charge is 0.261 e. The number of amides is 2. The molecule has 3 aromatic rings. The van der Waals surface area contributed by atoms with E-state index in [2.05, 4.69) is 10.3 Å². The average Bonchev–Trinajstić information content (AvgIpc) is 3.24. The third-order valence-corrected chi connectivity index (χ3v) is 6.21. The van der Waals surface area contributed by atoms with Gasteiger partial charge in [-0.3, -0.25) is 9.59 Å². The molecule has 0 aliphatic rings. The number of carbonyl (C=O) groups excluding carboxylic acids is 2. The molecule has 25 heavy (non-hydrogen) atoms. The molecule has 0 saturated heterocycles. The normalized spacial score (nSPS) is 12.1. The largest absolute Gasteiger partial charge is 0.342 e. The summed E-state index contributed by atoms with van der Waals surface area (Å²) in [5.41, 5.74) is 0.941. The van der Waals surface area contributed by atoms with E-state index in [9.17, 15) is 9.59 Å². The standard InChI is InChI=1S/C18H19N3O2S2/c1-11-8-9-15(24-11)17(23)19-10-16(22)21(3)12(2)18-20-13-6-4-5-7-14(13)25-18/h4-9,12H,10H2,1-3H3,(H,19,23)/t12-/m0/s1. The maximum atomic E-state index is 12.4. The maximum absolute atomic E-state index is 12.4. The molecule has 2 aromatic heterocycles. The van der Waals surface area contributed by atoms with E-state index < -0.39 is 0 Å².